The molecule has 0 bridgehead atoms. The molecule has 128 valence electrons. The van der Waals surface area contributed by atoms with Gasteiger partial charge in [0.15, 0.2) is 0 Å². The fourth-order valence-electron chi connectivity index (χ4n) is 2.14. The molecule has 5 heteroatoms. The number of methoxy groups -OCH3 is 1. The molecule has 0 heterocycles. The van der Waals surface area contributed by atoms with E-state index < -0.39 is 12.0 Å². The number of carbonyl (C=O) groups excluding carboxylic acids is 2. The zero-order chi connectivity index (χ0) is 17.5. The second kappa shape index (κ2) is 8.67. The Morgan fingerprint density at radius 3 is 2.26 bits per heavy atom. The first-order chi connectivity index (χ1) is 10.8. The fourth-order valence-corrected chi connectivity index (χ4v) is 2.14. The van der Waals surface area contributed by atoms with Gasteiger partial charge < -0.3 is 14.8 Å². The second-order valence-electron chi connectivity index (χ2n) is 6.43. The van der Waals surface area contributed by atoms with Crippen molar-refractivity contribution in [2.24, 2.45) is 0 Å². The Hall–Kier alpha value is -1.88. The second-order valence-corrected chi connectivity index (χ2v) is 6.43. The average molecular weight is 321 g/mol. The molecule has 0 fully saturated rings. The van der Waals surface area contributed by atoms with Gasteiger partial charge in [-0.1, -0.05) is 45.0 Å². The average Bonchev–Trinajstić information content (AvgIpc) is 2.51. The molecule has 0 saturated heterocycles. The summed E-state index contributed by atoms with van der Waals surface area (Å²) in [5, 5.41) is 2.66. The number of benzene rings is 1. The minimum absolute atomic E-state index is 0.0625. The highest BCUT2D eigenvalue weighted by Crippen LogP contribution is 2.22. The number of esters is 1. The quantitative estimate of drug-likeness (QED) is 0.782. The molecule has 0 aromatic heterocycles. The molecule has 0 radical (unpaired) electrons. The van der Waals surface area contributed by atoms with Gasteiger partial charge in [0.05, 0.1) is 7.11 Å². The summed E-state index contributed by atoms with van der Waals surface area (Å²) >= 11 is 0. The number of nitrogens with one attached hydrogen (secondary N) is 1. The molecular formula is C18H27NO4. The van der Waals surface area contributed by atoms with Gasteiger partial charge in [0.2, 0.25) is 5.91 Å². The maximum Gasteiger partial charge on any atom is 0.328 e. The normalized spacial score (nSPS) is 12.6. The van der Waals surface area contributed by atoms with Gasteiger partial charge in [-0.05, 0) is 23.5 Å². The smallest absolute Gasteiger partial charge is 0.328 e. The summed E-state index contributed by atoms with van der Waals surface area (Å²) in [4.78, 5) is 23.6. The van der Waals surface area contributed by atoms with Crippen molar-refractivity contribution in [2.45, 2.75) is 45.6 Å². The first kappa shape index (κ1) is 19.2. The van der Waals surface area contributed by atoms with E-state index in [1.807, 2.05) is 31.2 Å². The van der Waals surface area contributed by atoms with E-state index in [1.54, 1.807) is 0 Å². The van der Waals surface area contributed by atoms with E-state index in [0.717, 1.165) is 5.56 Å². The summed E-state index contributed by atoms with van der Waals surface area (Å²) in [7, 11) is 1.31. The van der Waals surface area contributed by atoms with Crippen molar-refractivity contribution in [3.63, 3.8) is 0 Å². The Labute approximate surface area is 138 Å². The van der Waals surface area contributed by atoms with Crippen LogP contribution in [-0.4, -0.2) is 38.2 Å². The standard InChI is InChI=1S/C18H27NO4/c1-6-23-12-16(20)19-15(17(21)22-5)11-13-7-9-14(10-8-13)18(2,3)4/h7-10,15H,6,11-12H2,1-5H3,(H,19,20)/t15-/m0/s1. The molecule has 0 aliphatic heterocycles. The fraction of sp³-hybridized carbons (Fsp3) is 0.556. The van der Waals surface area contributed by atoms with E-state index in [1.165, 1.54) is 12.7 Å². The van der Waals surface area contributed by atoms with E-state index in [9.17, 15) is 9.59 Å². The van der Waals surface area contributed by atoms with Crippen LogP contribution in [0.5, 0.6) is 0 Å². The highest BCUT2D eigenvalue weighted by atomic mass is 16.5. The zero-order valence-corrected chi connectivity index (χ0v) is 14.6. The molecule has 23 heavy (non-hydrogen) atoms. The Kier molecular flexibility index (Phi) is 7.23. The van der Waals surface area contributed by atoms with Gasteiger partial charge in [-0.25, -0.2) is 4.79 Å². The molecule has 1 aromatic carbocycles. The summed E-state index contributed by atoms with van der Waals surface area (Å²) < 4.78 is 9.82. The maximum atomic E-state index is 11.9. The van der Waals surface area contributed by atoms with E-state index in [2.05, 4.69) is 26.1 Å². The van der Waals surface area contributed by atoms with Gasteiger partial charge >= 0.3 is 5.97 Å². The van der Waals surface area contributed by atoms with Crippen LogP contribution in [-0.2, 0) is 30.9 Å². The van der Waals surface area contributed by atoms with E-state index in [-0.39, 0.29) is 17.9 Å². The van der Waals surface area contributed by atoms with Crippen LogP contribution < -0.4 is 5.32 Å². The lowest BCUT2D eigenvalue weighted by Crippen LogP contribution is -2.44. The predicted molar refractivity (Wildman–Crippen MR) is 89.3 cm³/mol. The van der Waals surface area contributed by atoms with Gasteiger partial charge in [-0.2, -0.15) is 0 Å². The lowest BCUT2D eigenvalue weighted by molar-refractivity contribution is -0.145. The Balaban J connectivity index is 2.77. The van der Waals surface area contributed by atoms with Crippen LogP contribution in [0.4, 0.5) is 0 Å². The molecule has 1 amide bonds. The summed E-state index contributed by atoms with van der Waals surface area (Å²) in [5.74, 6) is -0.789. The Morgan fingerprint density at radius 2 is 1.78 bits per heavy atom. The number of carbonyl (C=O) groups is 2. The highest BCUT2D eigenvalue weighted by Gasteiger charge is 2.22. The minimum atomic E-state index is -0.714. The van der Waals surface area contributed by atoms with Crippen LogP contribution in [0.15, 0.2) is 24.3 Å². The molecular weight excluding hydrogens is 294 g/mol. The highest BCUT2D eigenvalue weighted by molar-refractivity contribution is 5.85. The summed E-state index contributed by atoms with van der Waals surface area (Å²) in [5.41, 5.74) is 2.26. The molecule has 0 unspecified atom stereocenters. The van der Waals surface area contributed by atoms with Crippen molar-refractivity contribution in [2.75, 3.05) is 20.3 Å². The molecule has 1 atom stereocenters. The Bertz CT molecular complexity index is 517. The van der Waals surface area contributed by atoms with Gasteiger partial charge in [0.1, 0.15) is 12.6 Å². The summed E-state index contributed by atoms with van der Waals surface area (Å²) in [6, 6.07) is 7.34. The number of hydrogen-bond donors (Lipinski definition) is 1. The van der Waals surface area contributed by atoms with Gasteiger partial charge in [-0.15, -0.1) is 0 Å². The van der Waals surface area contributed by atoms with Crippen LogP contribution in [0.3, 0.4) is 0 Å². The van der Waals surface area contributed by atoms with Crippen molar-refractivity contribution < 1.29 is 19.1 Å². The van der Waals surface area contributed by atoms with Crippen LogP contribution in [0.25, 0.3) is 0 Å². The summed E-state index contributed by atoms with van der Waals surface area (Å²) in [6.45, 7) is 8.63. The minimum Gasteiger partial charge on any atom is -0.467 e. The zero-order valence-electron chi connectivity index (χ0n) is 14.6. The maximum absolute atomic E-state index is 11.9. The molecule has 1 N–H and O–H groups in total. The Morgan fingerprint density at radius 1 is 1.17 bits per heavy atom. The van der Waals surface area contributed by atoms with Crippen molar-refractivity contribution in [1.29, 1.82) is 0 Å². The molecule has 0 spiro atoms. The van der Waals surface area contributed by atoms with Gasteiger partial charge in [0, 0.05) is 13.0 Å². The van der Waals surface area contributed by atoms with Crippen LogP contribution in [0.1, 0.15) is 38.8 Å². The van der Waals surface area contributed by atoms with Crippen molar-refractivity contribution >= 4 is 11.9 Å². The predicted octanol–water partition coefficient (Wildman–Crippen LogP) is 2.22. The van der Waals surface area contributed by atoms with Gasteiger partial charge in [0.25, 0.3) is 0 Å². The lowest BCUT2D eigenvalue weighted by atomic mass is 9.86. The molecule has 0 saturated carbocycles. The van der Waals surface area contributed by atoms with Crippen molar-refractivity contribution in [3.05, 3.63) is 35.4 Å². The lowest BCUT2D eigenvalue weighted by Gasteiger charge is -2.20. The molecule has 0 aliphatic rings. The van der Waals surface area contributed by atoms with Crippen molar-refractivity contribution in [3.8, 4) is 0 Å². The molecule has 0 aliphatic carbocycles. The van der Waals surface area contributed by atoms with Crippen molar-refractivity contribution in [1.82, 2.24) is 5.32 Å². The van der Waals surface area contributed by atoms with Crippen LogP contribution >= 0.6 is 0 Å². The topological polar surface area (TPSA) is 64.6 Å². The largest absolute Gasteiger partial charge is 0.467 e. The first-order valence-electron chi connectivity index (χ1n) is 7.82. The van der Waals surface area contributed by atoms with Crippen LogP contribution in [0.2, 0.25) is 0 Å². The molecule has 5 nitrogen and oxygen atoms in total. The van der Waals surface area contributed by atoms with E-state index in [4.69, 9.17) is 9.47 Å². The van der Waals surface area contributed by atoms with E-state index >= 15 is 0 Å². The number of ether oxygens (including phenoxy) is 2. The molecule has 1 aromatic rings. The van der Waals surface area contributed by atoms with Crippen LogP contribution in [0, 0.1) is 0 Å². The third-order valence-electron chi connectivity index (χ3n) is 3.52. The van der Waals surface area contributed by atoms with Gasteiger partial charge in [-0.3, -0.25) is 4.79 Å². The number of hydrogen-bond acceptors (Lipinski definition) is 4. The third-order valence-corrected chi connectivity index (χ3v) is 3.52. The van der Waals surface area contributed by atoms with E-state index in [0.29, 0.717) is 13.0 Å². The SMILES string of the molecule is CCOCC(=O)N[C@@H](Cc1ccc(C(C)(C)C)cc1)C(=O)OC. The number of amides is 1. The first-order valence-corrected chi connectivity index (χ1v) is 7.82. The summed E-state index contributed by atoms with van der Waals surface area (Å²) in [6.07, 6.45) is 0.384. The number of rotatable bonds is 7. The molecule has 1 rings (SSSR count). The monoisotopic (exact) mass is 321 g/mol. The third kappa shape index (κ3) is 6.40.